The van der Waals surface area contributed by atoms with E-state index < -0.39 is 5.82 Å². The zero-order chi connectivity index (χ0) is 22.2. The van der Waals surface area contributed by atoms with E-state index in [1.807, 2.05) is 24.3 Å². The van der Waals surface area contributed by atoms with Gasteiger partial charge in [-0.2, -0.15) is 0 Å². The molecule has 6 nitrogen and oxygen atoms in total. The summed E-state index contributed by atoms with van der Waals surface area (Å²) in [6, 6.07) is 10.9. The first-order valence-corrected chi connectivity index (χ1v) is 11.5. The average Bonchev–Trinajstić information content (AvgIpc) is 3.16. The number of benzene rings is 2. The number of nitrogens with two attached hydrogens (primary N) is 1. The van der Waals surface area contributed by atoms with Crippen molar-refractivity contribution in [3.8, 4) is 0 Å². The van der Waals surface area contributed by atoms with Gasteiger partial charge < -0.3 is 10.5 Å². The highest BCUT2D eigenvalue weighted by Crippen LogP contribution is 2.31. The van der Waals surface area contributed by atoms with Crippen molar-refractivity contribution in [1.29, 1.82) is 0 Å². The first kappa shape index (κ1) is 21.2. The number of fused-ring (bicyclic) bond motifs is 2. The van der Waals surface area contributed by atoms with E-state index >= 15 is 0 Å². The van der Waals surface area contributed by atoms with Crippen molar-refractivity contribution in [2.75, 3.05) is 25.4 Å². The van der Waals surface area contributed by atoms with E-state index in [-0.39, 0.29) is 11.1 Å². The standard InChI is InChI=1S/C23H21ClFN5OS/c24-19-8-22-15(7-20(19)25)6-17(32-22)11-29-3-4-30(16(10-29)12-31)9-14-1-2-18-21(5-14)27-13-28-23(18)26/h1-2,5-8,12-13,16H,3-4,9-11H2,(H2,26,27,28). The summed E-state index contributed by atoms with van der Waals surface area (Å²) in [5.41, 5.74) is 7.80. The zero-order valence-electron chi connectivity index (χ0n) is 17.2. The third-order valence-corrected chi connectivity index (χ3v) is 7.25. The number of nitrogen functional groups attached to an aromatic ring is 1. The molecule has 1 aliphatic rings. The minimum atomic E-state index is -0.402. The largest absolute Gasteiger partial charge is 0.383 e. The van der Waals surface area contributed by atoms with E-state index in [4.69, 9.17) is 17.3 Å². The predicted molar refractivity (Wildman–Crippen MR) is 126 cm³/mol. The molecule has 0 aliphatic carbocycles. The van der Waals surface area contributed by atoms with Gasteiger partial charge in [0.25, 0.3) is 0 Å². The van der Waals surface area contributed by atoms with Crippen LogP contribution in [-0.4, -0.2) is 51.7 Å². The number of nitrogens with zero attached hydrogens (tertiary/aromatic N) is 4. The first-order valence-electron chi connectivity index (χ1n) is 10.3. The molecule has 3 heterocycles. The normalized spacial score (nSPS) is 17.9. The number of carbonyl (C=O) groups is 1. The van der Waals surface area contributed by atoms with Gasteiger partial charge in [-0.3, -0.25) is 9.80 Å². The van der Waals surface area contributed by atoms with Gasteiger partial charge in [-0.05, 0) is 41.3 Å². The summed E-state index contributed by atoms with van der Waals surface area (Å²) in [6.07, 6.45) is 2.48. The Kier molecular flexibility index (Phi) is 5.77. The Balaban J connectivity index is 1.27. The van der Waals surface area contributed by atoms with Crippen LogP contribution < -0.4 is 5.73 Å². The Morgan fingerprint density at radius 2 is 2.06 bits per heavy atom. The van der Waals surface area contributed by atoms with Crippen LogP contribution in [0.15, 0.2) is 42.7 Å². The first-order chi connectivity index (χ1) is 15.5. The quantitative estimate of drug-likeness (QED) is 0.443. The highest BCUT2D eigenvalue weighted by Gasteiger charge is 2.27. The molecule has 164 valence electrons. The van der Waals surface area contributed by atoms with Gasteiger partial charge in [0, 0.05) is 47.7 Å². The maximum absolute atomic E-state index is 13.7. The molecule has 0 amide bonds. The fourth-order valence-corrected chi connectivity index (χ4v) is 5.58. The minimum Gasteiger partial charge on any atom is -0.383 e. The zero-order valence-corrected chi connectivity index (χ0v) is 18.7. The lowest BCUT2D eigenvalue weighted by molar-refractivity contribution is -0.115. The molecule has 4 aromatic rings. The third kappa shape index (κ3) is 4.19. The van der Waals surface area contributed by atoms with E-state index in [2.05, 4.69) is 19.8 Å². The summed E-state index contributed by atoms with van der Waals surface area (Å²) in [4.78, 5) is 25.8. The molecule has 0 saturated carbocycles. The van der Waals surface area contributed by atoms with E-state index in [1.54, 1.807) is 17.4 Å². The van der Waals surface area contributed by atoms with Crippen molar-refractivity contribution in [3.63, 3.8) is 0 Å². The summed E-state index contributed by atoms with van der Waals surface area (Å²) in [6.45, 7) is 3.66. The third-order valence-electron chi connectivity index (χ3n) is 5.88. The molecule has 9 heteroatoms. The Labute approximate surface area is 193 Å². The lowest BCUT2D eigenvalue weighted by Crippen LogP contribution is -2.52. The van der Waals surface area contributed by atoms with Crippen LogP contribution in [0.2, 0.25) is 5.02 Å². The molecule has 1 saturated heterocycles. The monoisotopic (exact) mass is 469 g/mol. The number of halogens is 2. The molecular weight excluding hydrogens is 449 g/mol. The highest BCUT2D eigenvalue weighted by molar-refractivity contribution is 7.19. The van der Waals surface area contributed by atoms with Crippen LogP contribution in [0.3, 0.4) is 0 Å². The number of hydrogen-bond donors (Lipinski definition) is 1. The van der Waals surface area contributed by atoms with Crippen molar-refractivity contribution in [1.82, 2.24) is 19.8 Å². The fourth-order valence-electron chi connectivity index (χ4n) is 4.22. The van der Waals surface area contributed by atoms with Gasteiger partial charge >= 0.3 is 0 Å². The number of aldehydes is 1. The number of carbonyl (C=O) groups excluding carboxylic acids is 1. The highest BCUT2D eigenvalue weighted by atomic mass is 35.5. The molecule has 2 aromatic heterocycles. The summed E-state index contributed by atoms with van der Waals surface area (Å²) in [5, 5.41) is 1.83. The number of rotatable bonds is 5. The summed E-state index contributed by atoms with van der Waals surface area (Å²) in [5.74, 6) is 0.0631. The van der Waals surface area contributed by atoms with E-state index in [0.29, 0.717) is 18.9 Å². The molecule has 1 fully saturated rings. The molecule has 2 N–H and O–H groups in total. The SMILES string of the molecule is Nc1ncnc2cc(CN3CCN(Cc4cc5cc(F)c(Cl)cc5s4)CC3C=O)ccc12. The van der Waals surface area contributed by atoms with Crippen LogP contribution in [0.4, 0.5) is 10.2 Å². The van der Waals surface area contributed by atoms with Crippen LogP contribution in [0.5, 0.6) is 0 Å². The number of aromatic nitrogens is 2. The summed E-state index contributed by atoms with van der Waals surface area (Å²) in [7, 11) is 0. The summed E-state index contributed by atoms with van der Waals surface area (Å²) >= 11 is 7.52. The maximum Gasteiger partial charge on any atom is 0.142 e. The van der Waals surface area contributed by atoms with Gasteiger partial charge in [0.2, 0.25) is 0 Å². The van der Waals surface area contributed by atoms with E-state index in [9.17, 15) is 9.18 Å². The van der Waals surface area contributed by atoms with Gasteiger partial charge in [0.05, 0.1) is 16.6 Å². The van der Waals surface area contributed by atoms with Crippen LogP contribution >= 0.6 is 22.9 Å². The average molecular weight is 470 g/mol. The molecule has 0 radical (unpaired) electrons. The molecule has 0 bridgehead atoms. The Morgan fingerprint density at radius 1 is 1.19 bits per heavy atom. The van der Waals surface area contributed by atoms with Crippen molar-refractivity contribution in [2.45, 2.75) is 19.1 Å². The second kappa shape index (κ2) is 8.71. The number of thiophene rings is 1. The van der Waals surface area contributed by atoms with Crippen molar-refractivity contribution in [2.24, 2.45) is 0 Å². The maximum atomic E-state index is 13.7. The molecular formula is C23H21ClFN5OS. The Hall–Kier alpha value is -2.65. The second-order valence-corrected chi connectivity index (χ2v) is 9.61. The van der Waals surface area contributed by atoms with Gasteiger partial charge in [0.15, 0.2) is 0 Å². The van der Waals surface area contributed by atoms with Crippen LogP contribution in [0.1, 0.15) is 10.4 Å². The van der Waals surface area contributed by atoms with E-state index in [1.165, 1.54) is 12.4 Å². The topological polar surface area (TPSA) is 75.3 Å². The van der Waals surface area contributed by atoms with Crippen molar-refractivity contribution < 1.29 is 9.18 Å². The molecule has 0 spiro atoms. The smallest absolute Gasteiger partial charge is 0.142 e. The lowest BCUT2D eigenvalue weighted by atomic mass is 10.1. The van der Waals surface area contributed by atoms with Gasteiger partial charge in [-0.15, -0.1) is 11.3 Å². The molecule has 5 rings (SSSR count). The Morgan fingerprint density at radius 3 is 2.91 bits per heavy atom. The van der Waals surface area contributed by atoms with Crippen molar-refractivity contribution in [3.05, 3.63) is 64.0 Å². The van der Waals surface area contributed by atoms with E-state index in [0.717, 1.165) is 57.4 Å². The van der Waals surface area contributed by atoms with Crippen LogP contribution in [-0.2, 0) is 17.9 Å². The number of hydrogen-bond acceptors (Lipinski definition) is 7. The fraction of sp³-hybridized carbons (Fsp3) is 0.261. The second-order valence-electron chi connectivity index (χ2n) is 8.04. The van der Waals surface area contributed by atoms with Crippen LogP contribution in [0, 0.1) is 5.82 Å². The van der Waals surface area contributed by atoms with Crippen LogP contribution in [0.25, 0.3) is 21.0 Å². The van der Waals surface area contributed by atoms with Gasteiger partial charge in [0.1, 0.15) is 24.2 Å². The van der Waals surface area contributed by atoms with Gasteiger partial charge in [-0.25, -0.2) is 14.4 Å². The lowest BCUT2D eigenvalue weighted by Gasteiger charge is -2.38. The number of piperazine rings is 1. The van der Waals surface area contributed by atoms with Crippen molar-refractivity contribution >= 4 is 56.0 Å². The summed E-state index contributed by atoms with van der Waals surface area (Å²) < 4.78 is 14.7. The predicted octanol–water partition coefficient (Wildman–Crippen LogP) is 4.10. The minimum absolute atomic E-state index is 0.142. The molecule has 1 atom stereocenters. The number of anilines is 1. The molecule has 1 unspecified atom stereocenters. The molecule has 32 heavy (non-hydrogen) atoms. The van der Waals surface area contributed by atoms with Gasteiger partial charge in [-0.1, -0.05) is 17.7 Å². The molecule has 1 aliphatic heterocycles. The Bertz CT molecular complexity index is 1270. The molecule has 2 aromatic carbocycles.